The third kappa shape index (κ3) is 4.17. The Kier molecular flexibility index (Phi) is 5.71. The zero-order valence-corrected chi connectivity index (χ0v) is 21.7. The van der Waals surface area contributed by atoms with Crippen LogP contribution in [0, 0.1) is 0 Å². The summed E-state index contributed by atoms with van der Waals surface area (Å²) in [4.78, 5) is 2.26. The van der Waals surface area contributed by atoms with Gasteiger partial charge in [0.25, 0.3) is 0 Å². The molecule has 0 atom stereocenters. The van der Waals surface area contributed by atoms with Gasteiger partial charge in [-0.2, -0.15) is 0 Å². The highest BCUT2D eigenvalue weighted by atomic mass is 16.5. The number of benzene rings is 7. The average Bonchev–Trinajstić information content (AvgIpc) is 3.01. The second-order valence-corrected chi connectivity index (χ2v) is 9.80. The van der Waals surface area contributed by atoms with E-state index in [0.717, 1.165) is 28.4 Å². The van der Waals surface area contributed by atoms with Crippen LogP contribution in [0.15, 0.2) is 133 Å². The molecule has 0 bridgehead atoms. The molecular weight excluding hydrogens is 474 g/mol. The van der Waals surface area contributed by atoms with Crippen molar-refractivity contribution in [3.63, 3.8) is 0 Å². The third-order valence-corrected chi connectivity index (χ3v) is 7.51. The first-order chi connectivity index (χ1) is 19.3. The summed E-state index contributed by atoms with van der Waals surface area (Å²) in [5.41, 5.74) is 5.69. The summed E-state index contributed by atoms with van der Waals surface area (Å²) < 4.78 is 5.37. The topological polar surface area (TPSA) is 12.5 Å². The summed E-state index contributed by atoms with van der Waals surface area (Å²) in [6.45, 7) is 0. The molecule has 2 nitrogen and oxygen atoms in total. The number of nitrogens with zero attached hydrogens (tertiary/aromatic N) is 1. The van der Waals surface area contributed by atoms with Crippen LogP contribution in [-0.4, -0.2) is 7.11 Å². The van der Waals surface area contributed by atoms with Gasteiger partial charge in [-0.25, -0.2) is 0 Å². The van der Waals surface area contributed by atoms with Crippen LogP contribution in [0.4, 0.5) is 17.1 Å². The predicted octanol–water partition coefficient (Wildman–Crippen LogP) is 10.2. The van der Waals surface area contributed by atoms with E-state index < -0.39 is 0 Å². The summed E-state index contributed by atoms with van der Waals surface area (Å²) in [6.07, 6.45) is 4.44. The Hall–Kier alpha value is -5.08. The largest absolute Gasteiger partial charge is 0.497 e. The highest BCUT2D eigenvalue weighted by Crippen LogP contribution is 2.37. The Morgan fingerprint density at radius 3 is 1.77 bits per heavy atom. The molecule has 39 heavy (non-hydrogen) atoms. The quantitative estimate of drug-likeness (QED) is 0.166. The maximum atomic E-state index is 5.37. The molecule has 7 aromatic carbocycles. The van der Waals surface area contributed by atoms with Crippen LogP contribution in [0.2, 0.25) is 0 Å². The lowest BCUT2D eigenvalue weighted by Crippen LogP contribution is -2.09. The van der Waals surface area contributed by atoms with Gasteiger partial charge in [-0.1, -0.05) is 97.1 Å². The van der Waals surface area contributed by atoms with Crippen molar-refractivity contribution in [2.24, 2.45) is 0 Å². The highest BCUT2D eigenvalue weighted by molar-refractivity contribution is 6.24. The van der Waals surface area contributed by atoms with Gasteiger partial charge in [0.15, 0.2) is 0 Å². The summed E-state index contributed by atoms with van der Waals surface area (Å²) in [5, 5.41) is 7.87. The van der Waals surface area contributed by atoms with Gasteiger partial charge in [-0.3, -0.25) is 0 Å². The van der Waals surface area contributed by atoms with Crippen LogP contribution in [0.5, 0.6) is 5.75 Å². The minimum Gasteiger partial charge on any atom is -0.497 e. The highest BCUT2D eigenvalue weighted by Gasteiger charge is 2.13. The molecule has 0 aliphatic carbocycles. The minimum absolute atomic E-state index is 0.846. The van der Waals surface area contributed by atoms with Gasteiger partial charge in [0.2, 0.25) is 0 Å². The van der Waals surface area contributed by atoms with Crippen LogP contribution in [0.3, 0.4) is 0 Å². The maximum absolute atomic E-state index is 5.37. The van der Waals surface area contributed by atoms with E-state index >= 15 is 0 Å². The lowest BCUT2D eigenvalue weighted by Gasteiger charge is -2.25. The van der Waals surface area contributed by atoms with Gasteiger partial charge in [-0.05, 0) is 92.0 Å². The second kappa shape index (κ2) is 9.66. The first kappa shape index (κ1) is 23.1. The zero-order valence-electron chi connectivity index (χ0n) is 21.7. The van der Waals surface area contributed by atoms with Crippen molar-refractivity contribution in [3.05, 3.63) is 145 Å². The first-order valence-corrected chi connectivity index (χ1v) is 13.2. The average molecular weight is 502 g/mol. The van der Waals surface area contributed by atoms with Crippen molar-refractivity contribution in [2.45, 2.75) is 0 Å². The van der Waals surface area contributed by atoms with Gasteiger partial charge >= 0.3 is 0 Å². The van der Waals surface area contributed by atoms with Gasteiger partial charge in [0.1, 0.15) is 5.75 Å². The Balaban J connectivity index is 1.24. The molecule has 0 unspecified atom stereocenters. The normalized spacial score (nSPS) is 11.6. The summed E-state index contributed by atoms with van der Waals surface area (Å²) in [6, 6.07) is 47.3. The standard InChI is InChI=1S/C37H27NO/c1-39-34-23-21-33(22-24-34)38(31-8-3-2-4-9-31)32-19-11-26(12-20-32)10-13-27-14-15-30-17-16-28-6-5-7-29-18-25-35(27)37(30)36(28)29/h2-25H,1H3. The fourth-order valence-electron chi connectivity index (χ4n) is 5.58. The molecule has 0 saturated heterocycles. The number of para-hydroxylation sites is 1. The van der Waals surface area contributed by atoms with E-state index in [1.807, 2.05) is 18.2 Å². The van der Waals surface area contributed by atoms with E-state index in [1.54, 1.807) is 7.11 Å². The molecule has 0 aromatic heterocycles. The van der Waals surface area contributed by atoms with Crippen molar-refractivity contribution < 1.29 is 4.74 Å². The molecular formula is C37H27NO. The van der Waals surface area contributed by atoms with Crippen LogP contribution < -0.4 is 9.64 Å². The molecule has 0 aliphatic heterocycles. The first-order valence-electron chi connectivity index (χ1n) is 13.2. The molecule has 2 heteroatoms. The van der Waals surface area contributed by atoms with Crippen molar-refractivity contribution in [2.75, 3.05) is 12.0 Å². The monoisotopic (exact) mass is 501 g/mol. The second-order valence-electron chi connectivity index (χ2n) is 9.80. The number of hydrogen-bond donors (Lipinski definition) is 0. The lowest BCUT2D eigenvalue weighted by molar-refractivity contribution is 0.415. The molecule has 0 fully saturated rings. The Morgan fingerprint density at radius 1 is 0.487 bits per heavy atom. The summed E-state index contributed by atoms with van der Waals surface area (Å²) >= 11 is 0. The van der Waals surface area contributed by atoms with Crippen LogP contribution in [-0.2, 0) is 0 Å². The summed E-state index contributed by atoms with van der Waals surface area (Å²) in [7, 11) is 1.69. The van der Waals surface area contributed by atoms with E-state index in [-0.39, 0.29) is 0 Å². The molecule has 0 N–H and O–H groups in total. The molecule has 7 rings (SSSR count). The van der Waals surface area contributed by atoms with Crippen molar-refractivity contribution in [1.29, 1.82) is 0 Å². The van der Waals surface area contributed by atoms with E-state index in [4.69, 9.17) is 4.74 Å². The molecule has 0 amide bonds. The molecule has 0 spiro atoms. The van der Waals surface area contributed by atoms with Gasteiger partial charge in [0, 0.05) is 17.1 Å². The maximum Gasteiger partial charge on any atom is 0.119 e. The van der Waals surface area contributed by atoms with Crippen molar-refractivity contribution >= 4 is 61.5 Å². The van der Waals surface area contributed by atoms with E-state index in [0.29, 0.717) is 0 Å². The third-order valence-electron chi connectivity index (χ3n) is 7.51. The SMILES string of the molecule is COc1ccc(N(c2ccccc2)c2ccc(C=Cc3ccc4ccc5cccc6ccc3c4c56)cc2)cc1. The Labute approximate surface area is 228 Å². The van der Waals surface area contributed by atoms with Gasteiger partial charge in [-0.15, -0.1) is 0 Å². The number of anilines is 3. The Bertz CT molecular complexity index is 1900. The van der Waals surface area contributed by atoms with Crippen molar-refractivity contribution in [3.8, 4) is 5.75 Å². The zero-order chi connectivity index (χ0) is 26.2. The lowest BCUT2D eigenvalue weighted by atomic mass is 9.92. The number of ether oxygens (including phenoxy) is 1. The number of rotatable bonds is 6. The minimum atomic E-state index is 0.846. The molecule has 0 heterocycles. The van der Waals surface area contributed by atoms with E-state index in [9.17, 15) is 0 Å². The van der Waals surface area contributed by atoms with E-state index in [2.05, 4.69) is 132 Å². The van der Waals surface area contributed by atoms with Crippen LogP contribution >= 0.6 is 0 Å². The molecule has 7 aromatic rings. The van der Waals surface area contributed by atoms with Crippen LogP contribution in [0.1, 0.15) is 11.1 Å². The molecule has 0 aliphatic rings. The predicted molar refractivity (Wildman–Crippen MR) is 167 cm³/mol. The molecule has 186 valence electrons. The summed E-state index contributed by atoms with van der Waals surface area (Å²) in [5.74, 6) is 0.846. The van der Waals surface area contributed by atoms with Crippen molar-refractivity contribution in [1.82, 2.24) is 0 Å². The number of hydrogen-bond acceptors (Lipinski definition) is 2. The fourth-order valence-corrected chi connectivity index (χ4v) is 5.58. The smallest absolute Gasteiger partial charge is 0.119 e. The van der Waals surface area contributed by atoms with Gasteiger partial charge < -0.3 is 9.64 Å². The van der Waals surface area contributed by atoms with Crippen LogP contribution in [0.25, 0.3) is 44.5 Å². The molecule has 0 radical (unpaired) electrons. The van der Waals surface area contributed by atoms with E-state index in [1.165, 1.54) is 37.9 Å². The Morgan fingerprint density at radius 2 is 1.08 bits per heavy atom. The molecule has 0 saturated carbocycles. The number of methoxy groups -OCH3 is 1. The fraction of sp³-hybridized carbons (Fsp3) is 0.0270. The van der Waals surface area contributed by atoms with Gasteiger partial charge in [0.05, 0.1) is 7.11 Å².